The summed E-state index contributed by atoms with van der Waals surface area (Å²) in [5.41, 5.74) is 1.67. The third-order valence-corrected chi connectivity index (χ3v) is 6.29. The molecule has 0 bridgehead atoms. The van der Waals surface area contributed by atoms with Crippen LogP contribution in [0.3, 0.4) is 0 Å². The van der Waals surface area contributed by atoms with Gasteiger partial charge in [-0.25, -0.2) is 0 Å². The lowest BCUT2D eigenvalue weighted by atomic mass is 9.81. The van der Waals surface area contributed by atoms with Gasteiger partial charge in [-0.1, -0.05) is 47.5 Å². The summed E-state index contributed by atoms with van der Waals surface area (Å²) in [6, 6.07) is 15.9. The molecule has 2 aromatic carbocycles. The molecule has 1 heterocycles. The molecule has 2 unspecified atom stereocenters. The lowest BCUT2D eigenvalue weighted by Gasteiger charge is -2.50. The largest absolute Gasteiger partial charge is 0.390 e. The molecule has 1 aliphatic heterocycles. The molecule has 27 heavy (non-hydrogen) atoms. The average molecular weight is 428 g/mol. The molecule has 6 heteroatoms. The molecule has 3 nitrogen and oxygen atoms in total. The number of aliphatic hydroxyl groups excluding tert-OH is 1. The van der Waals surface area contributed by atoms with Crippen molar-refractivity contribution in [3.63, 3.8) is 0 Å². The third-order valence-electron chi connectivity index (χ3n) is 5.18. The molecule has 2 aromatic rings. The van der Waals surface area contributed by atoms with E-state index in [-0.39, 0.29) is 5.54 Å². The molecule has 2 N–H and O–H groups in total. The number of nitrogens with one attached hydrogen (secondary N) is 1. The molecule has 0 amide bonds. The summed E-state index contributed by atoms with van der Waals surface area (Å²) in [6.45, 7) is 4.16. The van der Waals surface area contributed by atoms with Crippen molar-refractivity contribution in [2.45, 2.75) is 36.9 Å². The number of aliphatic hydroxyl groups is 1. The van der Waals surface area contributed by atoms with Gasteiger partial charge < -0.3 is 10.4 Å². The predicted molar refractivity (Wildman–Crippen MR) is 114 cm³/mol. The highest BCUT2D eigenvalue weighted by atomic mass is 35.5. The van der Waals surface area contributed by atoms with Crippen LogP contribution in [0.25, 0.3) is 0 Å². The van der Waals surface area contributed by atoms with Gasteiger partial charge in [0.25, 0.3) is 0 Å². The number of nitrogens with zero attached hydrogens (tertiary/aromatic N) is 1. The maximum absolute atomic E-state index is 10.2. The first-order valence-electron chi connectivity index (χ1n) is 9.18. The normalized spacial score (nSPS) is 19.6. The smallest absolute Gasteiger partial charge is 0.112 e. The Morgan fingerprint density at radius 2 is 1.48 bits per heavy atom. The van der Waals surface area contributed by atoms with Crippen molar-refractivity contribution >= 4 is 34.8 Å². The van der Waals surface area contributed by atoms with Crippen molar-refractivity contribution < 1.29 is 5.11 Å². The van der Waals surface area contributed by atoms with Gasteiger partial charge in [-0.15, -0.1) is 11.6 Å². The van der Waals surface area contributed by atoms with Gasteiger partial charge in [0.2, 0.25) is 0 Å². The molecule has 0 aliphatic carbocycles. The first kappa shape index (κ1) is 20.9. The molecular formula is C21H25Cl3N2O. The zero-order valence-electron chi connectivity index (χ0n) is 15.3. The van der Waals surface area contributed by atoms with E-state index in [9.17, 15) is 5.11 Å². The summed E-state index contributed by atoms with van der Waals surface area (Å²) in [5.74, 6) is 0. The molecule has 0 aromatic heterocycles. The number of halogens is 3. The Morgan fingerprint density at radius 3 is 1.93 bits per heavy atom. The van der Waals surface area contributed by atoms with Gasteiger partial charge in [-0.3, -0.25) is 4.90 Å². The lowest BCUT2D eigenvalue weighted by Crippen LogP contribution is -2.66. The van der Waals surface area contributed by atoms with E-state index in [4.69, 9.17) is 34.8 Å². The summed E-state index contributed by atoms with van der Waals surface area (Å²) in [6.07, 6.45) is 0.977. The van der Waals surface area contributed by atoms with Gasteiger partial charge in [0, 0.05) is 35.2 Å². The fraction of sp³-hybridized carbons (Fsp3) is 0.429. The molecule has 146 valence electrons. The zero-order valence-corrected chi connectivity index (χ0v) is 17.6. The number of rotatable bonds is 6. The topological polar surface area (TPSA) is 35.5 Å². The highest BCUT2D eigenvalue weighted by Crippen LogP contribution is 2.32. The summed E-state index contributed by atoms with van der Waals surface area (Å²) in [5, 5.41) is 15.2. The van der Waals surface area contributed by atoms with E-state index < -0.39 is 11.6 Å². The Kier molecular flexibility index (Phi) is 7.07. The fourth-order valence-corrected chi connectivity index (χ4v) is 4.42. The van der Waals surface area contributed by atoms with Crippen LogP contribution in [0.1, 0.15) is 18.1 Å². The quantitative estimate of drug-likeness (QED) is 0.531. The molecule has 2 atom stereocenters. The van der Waals surface area contributed by atoms with Crippen LogP contribution in [0.15, 0.2) is 48.5 Å². The van der Waals surface area contributed by atoms with Crippen molar-refractivity contribution in [3.8, 4) is 0 Å². The van der Waals surface area contributed by atoms with Crippen LogP contribution in [0.4, 0.5) is 0 Å². The number of hydrogen-bond donors (Lipinski definition) is 2. The van der Waals surface area contributed by atoms with Crippen molar-refractivity contribution in [1.82, 2.24) is 10.2 Å². The molecule has 3 rings (SSSR count). The van der Waals surface area contributed by atoms with E-state index in [1.807, 2.05) is 24.3 Å². The Balaban J connectivity index is 1.97. The number of benzene rings is 2. The molecule has 1 saturated heterocycles. The predicted octanol–water partition coefficient (Wildman–Crippen LogP) is 4.37. The molecule has 1 aliphatic rings. The van der Waals surface area contributed by atoms with Crippen molar-refractivity contribution in [2.75, 3.05) is 19.6 Å². The lowest BCUT2D eigenvalue weighted by molar-refractivity contribution is 0.00177. The standard InChI is InChI=1S/C21H25Cl3N2O/c1-15(27)20(24)26-11-10-25-14-21(26,12-16-2-6-18(22)7-3-16)13-17-4-8-19(23)9-5-17/h2-9,15,20,25,27H,10-14H2,1H3. The first-order valence-corrected chi connectivity index (χ1v) is 10.4. The van der Waals surface area contributed by atoms with Crippen LogP contribution in [-0.4, -0.2) is 46.8 Å². The maximum Gasteiger partial charge on any atom is 0.112 e. The Morgan fingerprint density at radius 1 is 1.00 bits per heavy atom. The first-order chi connectivity index (χ1) is 12.9. The van der Waals surface area contributed by atoms with Gasteiger partial charge >= 0.3 is 0 Å². The van der Waals surface area contributed by atoms with Crippen LogP contribution in [-0.2, 0) is 12.8 Å². The third kappa shape index (κ3) is 5.17. The molecule has 0 radical (unpaired) electrons. The molecule has 0 saturated carbocycles. The molecule has 0 spiro atoms. The minimum Gasteiger partial charge on any atom is -0.390 e. The highest BCUT2D eigenvalue weighted by molar-refractivity contribution is 6.30. The minimum atomic E-state index is -0.625. The highest BCUT2D eigenvalue weighted by Gasteiger charge is 2.43. The number of alkyl halides is 1. The van der Waals surface area contributed by atoms with E-state index in [1.54, 1.807) is 6.92 Å². The summed E-state index contributed by atoms with van der Waals surface area (Å²) >= 11 is 18.8. The van der Waals surface area contributed by atoms with Crippen LogP contribution in [0.2, 0.25) is 10.0 Å². The second-order valence-electron chi connectivity index (χ2n) is 7.31. The fourth-order valence-electron chi connectivity index (χ4n) is 3.86. The van der Waals surface area contributed by atoms with E-state index in [0.717, 1.165) is 42.5 Å². The van der Waals surface area contributed by atoms with Crippen molar-refractivity contribution in [1.29, 1.82) is 0 Å². The second kappa shape index (κ2) is 9.13. The molecule has 1 fully saturated rings. The summed E-state index contributed by atoms with van der Waals surface area (Å²) in [4.78, 5) is 2.25. The monoisotopic (exact) mass is 426 g/mol. The summed E-state index contributed by atoms with van der Waals surface area (Å²) in [7, 11) is 0. The number of hydrogen-bond acceptors (Lipinski definition) is 3. The van der Waals surface area contributed by atoms with Gasteiger partial charge in [0.15, 0.2) is 0 Å². The van der Waals surface area contributed by atoms with E-state index >= 15 is 0 Å². The van der Waals surface area contributed by atoms with E-state index in [1.165, 1.54) is 11.1 Å². The minimum absolute atomic E-state index is 0.261. The maximum atomic E-state index is 10.2. The van der Waals surface area contributed by atoms with Crippen LogP contribution in [0.5, 0.6) is 0 Å². The Bertz CT molecular complexity index is 687. The van der Waals surface area contributed by atoms with Crippen LogP contribution in [0, 0.1) is 0 Å². The number of piperazine rings is 1. The zero-order chi connectivity index (χ0) is 19.4. The summed E-state index contributed by atoms with van der Waals surface area (Å²) < 4.78 is 0. The van der Waals surface area contributed by atoms with E-state index in [0.29, 0.717) is 0 Å². The Hall–Kier alpha value is -0.810. The van der Waals surface area contributed by atoms with Crippen molar-refractivity contribution in [3.05, 3.63) is 69.7 Å². The SMILES string of the molecule is CC(O)C(Cl)N1CCNCC1(Cc1ccc(Cl)cc1)Cc1ccc(Cl)cc1. The van der Waals surface area contributed by atoms with Gasteiger partial charge in [0.05, 0.1) is 6.10 Å². The van der Waals surface area contributed by atoms with Crippen LogP contribution >= 0.6 is 34.8 Å². The van der Waals surface area contributed by atoms with Crippen molar-refractivity contribution in [2.24, 2.45) is 0 Å². The second-order valence-corrected chi connectivity index (χ2v) is 8.63. The average Bonchev–Trinajstić information content (AvgIpc) is 2.65. The van der Waals surface area contributed by atoms with Gasteiger partial charge in [-0.2, -0.15) is 0 Å². The molecular weight excluding hydrogens is 403 g/mol. The van der Waals surface area contributed by atoms with Gasteiger partial charge in [-0.05, 0) is 55.2 Å². The van der Waals surface area contributed by atoms with Gasteiger partial charge in [0.1, 0.15) is 5.50 Å². The Labute approximate surface area is 176 Å². The van der Waals surface area contributed by atoms with E-state index in [2.05, 4.69) is 34.5 Å². The van der Waals surface area contributed by atoms with Crippen LogP contribution < -0.4 is 5.32 Å².